The van der Waals surface area contributed by atoms with Crippen molar-refractivity contribution < 1.29 is 13.9 Å². The Hall–Kier alpha value is -0.953. The Morgan fingerprint density at radius 3 is 2.40 bits per heavy atom. The van der Waals surface area contributed by atoms with E-state index in [2.05, 4.69) is 52.2 Å². The first-order chi connectivity index (χ1) is 11.6. The number of aryl methyl sites for hydroxylation is 1. The zero-order valence-electron chi connectivity index (χ0n) is 17.0. The second-order valence-corrected chi connectivity index (χ2v) is 13.1. The van der Waals surface area contributed by atoms with Crippen LogP contribution in [0.25, 0.3) is 0 Å². The summed E-state index contributed by atoms with van der Waals surface area (Å²) in [6.07, 6.45) is 1.63. The van der Waals surface area contributed by atoms with Crippen molar-refractivity contribution >= 4 is 14.1 Å². The monoisotopic (exact) mass is 366 g/mol. The highest BCUT2D eigenvalue weighted by atomic mass is 28.4. The normalized spacial score (nSPS) is 16.5. The van der Waals surface area contributed by atoms with Crippen molar-refractivity contribution in [3.05, 3.63) is 22.9 Å². The fourth-order valence-electron chi connectivity index (χ4n) is 2.93. The summed E-state index contributed by atoms with van der Waals surface area (Å²) >= 11 is 0. The quantitative estimate of drug-likeness (QED) is 0.578. The van der Waals surface area contributed by atoms with Gasteiger partial charge in [0.2, 0.25) is 6.29 Å². The van der Waals surface area contributed by atoms with Gasteiger partial charge in [0.1, 0.15) is 11.5 Å². The van der Waals surface area contributed by atoms with Gasteiger partial charge in [0.25, 0.3) is 0 Å². The molecule has 1 aliphatic heterocycles. The Morgan fingerprint density at radius 1 is 1.20 bits per heavy atom. The standard InChI is InChI=1S/C19H34N2O3Si/c1-13(24-25(7,8)19(2,3)4)15-12-14-10-9-11-20-17(14)21-16(15)18(22-5)23-6/h12-13,18H,9-11H2,1-8H3,(H,20,21). The van der Waals surface area contributed by atoms with Gasteiger partial charge in [-0.15, -0.1) is 0 Å². The lowest BCUT2D eigenvalue weighted by molar-refractivity contribution is -0.109. The number of nitrogens with one attached hydrogen (secondary N) is 1. The molecule has 0 fully saturated rings. The number of ether oxygens (including phenoxy) is 2. The van der Waals surface area contributed by atoms with Gasteiger partial charge in [0, 0.05) is 26.3 Å². The van der Waals surface area contributed by atoms with Gasteiger partial charge in [0.05, 0.1) is 6.10 Å². The lowest BCUT2D eigenvalue weighted by Crippen LogP contribution is -2.41. The maximum Gasteiger partial charge on any atom is 0.201 e. The van der Waals surface area contributed by atoms with E-state index in [1.54, 1.807) is 14.2 Å². The van der Waals surface area contributed by atoms with Gasteiger partial charge in [-0.05, 0) is 49.5 Å². The number of methoxy groups -OCH3 is 2. The molecule has 1 aromatic rings. The first-order valence-electron chi connectivity index (χ1n) is 9.11. The zero-order chi connectivity index (χ0) is 18.8. The summed E-state index contributed by atoms with van der Waals surface area (Å²) in [4.78, 5) is 4.84. The second kappa shape index (κ2) is 7.74. The average Bonchev–Trinajstić information content (AvgIpc) is 2.53. The minimum atomic E-state index is -1.89. The van der Waals surface area contributed by atoms with Crippen LogP contribution in [0, 0.1) is 0 Å². The van der Waals surface area contributed by atoms with Crippen molar-refractivity contribution in [2.75, 3.05) is 26.1 Å². The summed E-state index contributed by atoms with van der Waals surface area (Å²) in [7, 11) is 1.40. The highest BCUT2D eigenvalue weighted by Gasteiger charge is 2.39. The van der Waals surface area contributed by atoms with E-state index >= 15 is 0 Å². The van der Waals surface area contributed by atoms with Crippen LogP contribution >= 0.6 is 0 Å². The molecule has 1 aliphatic rings. The number of fused-ring (bicyclic) bond motifs is 1. The Labute approximate surface area is 153 Å². The Bertz CT molecular complexity index is 595. The molecule has 25 heavy (non-hydrogen) atoms. The molecular weight excluding hydrogens is 332 g/mol. The number of pyridine rings is 1. The van der Waals surface area contributed by atoms with Crippen LogP contribution in [-0.4, -0.2) is 34.1 Å². The predicted octanol–water partition coefficient (Wildman–Crippen LogP) is 4.81. The summed E-state index contributed by atoms with van der Waals surface area (Å²) in [6, 6.07) is 2.23. The van der Waals surface area contributed by atoms with E-state index in [9.17, 15) is 0 Å². The molecule has 0 radical (unpaired) electrons. The first-order valence-corrected chi connectivity index (χ1v) is 12.0. The topological polar surface area (TPSA) is 52.6 Å². The molecule has 1 aromatic heterocycles. The maximum atomic E-state index is 6.63. The molecule has 6 heteroatoms. The molecule has 0 aliphatic carbocycles. The summed E-state index contributed by atoms with van der Waals surface area (Å²) in [5.41, 5.74) is 3.13. The molecule has 1 unspecified atom stereocenters. The molecule has 0 saturated heterocycles. The number of rotatable bonds is 6. The molecule has 1 atom stereocenters. The fraction of sp³-hybridized carbons (Fsp3) is 0.737. The van der Waals surface area contributed by atoms with Crippen molar-refractivity contribution in [1.29, 1.82) is 0 Å². The zero-order valence-corrected chi connectivity index (χ0v) is 18.0. The van der Waals surface area contributed by atoms with Gasteiger partial charge in [-0.1, -0.05) is 20.8 Å². The number of aromatic nitrogens is 1. The number of anilines is 1. The second-order valence-electron chi connectivity index (χ2n) is 8.32. The van der Waals surface area contributed by atoms with Gasteiger partial charge in [-0.2, -0.15) is 0 Å². The van der Waals surface area contributed by atoms with E-state index in [1.807, 2.05) is 0 Å². The third-order valence-electron chi connectivity index (χ3n) is 5.44. The van der Waals surface area contributed by atoms with Crippen molar-refractivity contribution in [3.63, 3.8) is 0 Å². The molecule has 0 spiro atoms. The van der Waals surface area contributed by atoms with Crippen LogP contribution in [0.15, 0.2) is 6.07 Å². The summed E-state index contributed by atoms with van der Waals surface area (Å²) in [5.74, 6) is 0.948. The van der Waals surface area contributed by atoms with Crippen molar-refractivity contribution in [2.24, 2.45) is 0 Å². The van der Waals surface area contributed by atoms with Crippen LogP contribution < -0.4 is 5.32 Å². The van der Waals surface area contributed by atoms with E-state index in [1.165, 1.54) is 5.56 Å². The summed E-state index contributed by atoms with van der Waals surface area (Å²) in [5, 5.41) is 3.55. The molecule has 2 heterocycles. The van der Waals surface area contributed by atoms with Crippen LogP contribution in [-0.2, 0) is 20.3 Å². The van der Waals surface area contributed by atoms with Crippen LogP contribution in [0.1, 0.15) is 63.3 Å². The minimum absolute atomic E-state index is 0.0524. The highest BCUT2D eigenvalue weighted by molar-refractivity contribution is 6.74. The molecule has 0 aromatic carbocycles. The lowest BCUT2D eigenvalue weighted by atomic mass is 10.0. The largest absolute Gasteiger partial charge is 0.410 e. The lowest BCUT2D eigenvalue weighted by Gasteiger charge is -2.39. The number of hydrogen-bond acceptors (Lipinski definition) is 5. The number of nitrogens with zero attached hydrogens (tertiary/aromatic N) is 1. The van der Waals surface area contributed by atoms with E-state index < -0.39 is 14.6 Å². The van der Waals surface area contributed by atoms with Gasteiger partial charge < -0.3 is 19.2 Å². The van der Waals surface area contributed by atoms with Gasteiger partial charge in [-0.25, -0.2) is 4.98 Å². The molecule has 5 nitrogen and oxygen atoms in total. The van der Waals surface area contributed by atoms with E-state index in [4.69, 9.17) is 18.9 Å². The Kier molecular flexibility index (Phi) is 6.30. The summed E-state index contributed by atoms with van der Waals surface area (Å²) in [6.45, 7) is 14.4. The SMILES string of the molecule is COC(OC)c1nc2c(cc1C(C)O[Si](C)(C)C(C)(C)C)CCCN2. The average molecular weight is 367 g/mol. The van der Waals surface area contributed by atoms with Crippen LogP contribution in [0.2, 0.25) is 18.1 Å². The van der Waals surface area contributed by atoms with Crippen LogP contribution in [0.4, 0.5) is 5.82 Å². The number of hydrogen-bond donors (Lipinski definition) is 1. The fourth-order valence-corrected chi connectivity index (χ4v) is 4.30. The predicted molar refractivity (Wildman–Crippen MR) is 105 cm³/mol. The van der Waals surface area contributed by atoms with Crippen molar-refractivity contribution in [1.82, 2.24) is 4.98 Å². The third kappa shape index (κ3) is 4.42. The van der Waals surface area contributed by atoms with E-state index in [0.29, 0.717) is 0 Å². The molecule has 0 bridgehead atoms. The molecule has 142 valence electrons. The van der Waals surface area contributed by atoms with E-state index in [-0.39, 0.29) is 11.1 Å². The molecule has 0 amide bonds. The van der Waals surface area contributed by atoms with Crippen LogP contribution in [0.5, 0.6) is 0 Å². The molecular formula is C19H34N2O3Si. The van der Waals surface area contributed by atoms with E-state index in [0.717, 1.165) is 36.5 Å². The molecule has 1 N–H and O–H groups in total. The van der Waals surface area contributed by atoms with Crippen LogP contribution in [0.3, 0.4) is 0 Å². The van der Waals surface area contributed by atoms with Gasteiger partial charge in [-0.3, -0.25) is 0 Å². The maximum absolute atomic E-state index is 6.63. The third-order valence-corrected chi connectivity index (χ3v) is 10.00. The Balaban J connectivity index is 2.43. The molecule has 0 saturated carbocycles. The summed E-state index contributed by atoms with van der Waals surface area (Å²) < 4.78 is 17.6. The van der Waals surface area contributed by atoms with Crippen molar-refractivity contribution in [2.45, 2.75) is 71.1 Å². The Morgan fingerprint density at radius 2 is 1.84 bits per heavy atom. The van der Waals surface area contributed by atoms with Gasteiger partial charge in [0.15, 0.2) is 8.32 Å². The van der Waals surface area contributed by atoms with Crippen molar-refractivity contribution in [3.8, 4) is 0 Å². The molecule has 2 rings (SSSR count). The smallest absolute Gasteiger partial charge is 0.201 e. The van der Waals surface area contributed by atoms with Gasteiger partial charge >= 0.3 is 0 Å². The highest BCUT2D eigenvalue weighted by Crippen LogP contribution is 2.41. The minimum Gasteiger partial charge on any atom is -0.410 e. The first kappa shape index (κ1) is 20.4.